The fourth-order valence-electron chi connectivity index (χ4n) is 2.40. The summed E-state index contributed by atoms with van der Waals surface area (Å²) in [5, 5.41) is 9.04. The van der Waals surface area contributed by atoms with Crippen molar-refractivity contribution in [2.24, 2.45) is 5.92 Å². The maximum atomic E-state index is 11.9. The van der Waals surface area contributed by atoms with Crippen molar-refractivity contribution in [2.75, 3.05) is 18.0 Å². The molecule has 8 heteroatoms. The second-order valence-electron chi connectivity index (χ2n) is 6.53. The Hall–Kier alpha value is -1.76. The van der Waals surface area contributed by atoms with Gasteiger partial charge in [-0.2, -0.15) is 5.10 Å². The summed E-state index contributed by atoms with van der Waals surface area (Å²) in [5.41, 5.74) is -0.382. The van der Waals surface area contributed by atoms with Gasteiger partial charge in [0.05, 0.1) is 17.9 Å². The van der Waals surface area contributed by atoms with Crippen molar-refractivity contribution in [3.05, 3.63) is 21.6 Å². The Bertz CT molecular complexity index is 611. The third-order valence-electron chi connectivity index (χ3n) is 3.43. The molecule has 0 saturated carbocycles. The molecule has 2 atom stereocenters. The zero-order valence-electron chi connectivity index (χ0n) is 13.1. The van der Waals surface area contributed by atoms with Gasteiger partial charge in [-0.05, 0) is 26.7 Å². The number of halogens is 1. The zero-order valence-corrected chi connectivity index (χ0v) is 13.9. The monoisotopic (exact) mass is 328 g/mol. The summed E-state index contributed by atoms with van der Waals surface area (Å²) in [6, 6.07) is -0.0785. The summed E-state index contributed by atoms with van der Waals surface area (Å²) in [7, 11) is 0. The number of ether oxygens (including phenoxy) is 1. The van der Waals surface area contributed by atoms with E-state index in [1.165, 1.54) is 6.20 Å². The number of carbonyl (C=O) groups is 1. The van der Waals surface area contributed by atoms with Crippen LogP contribution in [0.3, 0.4) is 0 Å². The van der Waals surface area contributed by atoms with Crippen molar-refractivity contribution in [3.8, 4) is 0 Å². The number of nitrogens with one attached hydrogen (secondary N) is 2. The summed E-state index contributed by atoms with van der Waals surface area (Å²) in [4.78, 5) is 25.3. The van der Waals surface area contributed by atoms with Crippen LogP contribution in [0.2, 0.25) is 5.02 Å². The van der Waals surface area contributed by atoms with Crippen LogP contribution in [0.15, 0.2) is 11.0 Å². The van der Waals surface area contributed by atoms with Crippen LogP contribution in [-0.2, 0) is 4.74 Å². The molecular formula is C14H21ClN4O3. The van der Waals surface area contributed by atoms with Crippen LogP contribution >= 0.6 is 11.6 Å². The topological polar surface area (TPSA) is 87.3 Å². The second kappa shape index (κ2) is 6.16. The molecule has 1 aliphatic rings. The highest BCUT2D eigenvalue weighted by atomic mass is 35.5. The SMILES string of the molecule is C[C@H]1CN(c2cn[nH]c(=O)c2Cl)C[C@@H]1NC(=O)OC(C)(C)C. The molecular weight excluding hydrogens is 308 g/mol. The van der Waals surface area contributed by atoms with Crippen LogP contribution in [0.5, 0.6) is 0 Å². The maximum Gasteiger partial charge on any atom is 0.407 e. The Morgan fingerprint density at radius 2 is 2.18 bits per heavy atom. The highest BCUT2D eigenvalue weighted by molar-refractivity contribution is 6.33. The zero-order chi connectivity index (χ0) is 16.5. The van der Waals surface area contributed by atoms with Gasteiger partial charge in [-0.1, -0.05) is 18.5 Å². The van der Waals surface area contributed by atoms with E-state index < -0.39 is 17.3 Å². The van der Waals surface area contributed by atoms with Gasteiger partial charge in [0, 0.05) is 13.1 Å². The van der Waals surface area contributed by atoms with Gasteiger partial charge in [-0.3, -0.25) is 4.79 Å². The summed E-state index contributed by atoms with van der Waals surface area (Å²) in [6.07, 6.45) is 1.08. The fraction of sp³-hybridized carbons (Fsp3) is 0.643. The molecule has 122 valence electrons. The first-order chi connectivity index (χ1) is 10.2. The van der Waals surface area contributed by atoms with E-state index in [-0.39, 0.29) is 17.0 Å². The van der Waals surface area contributed by atoms with Crippen molar-refractivity contribution in [3.63, 3.8) is 0 Å². The summed E-state index contributed by atoms with van der Waals surface area (Å²) in [5.74, 6) is 0.197. The van der Waals surface area contributed by atoms with E-state index in [2.05, 4.69) is 15.5 Å². The summed E-state index contributed by atoms with van der Waals surface area (Å²) in [6.45, 7) is 8.70. The molecule has 1 saturated heterocycles. The number of H-pyrrole nitrogens is 1. The standard InChI is InChI=1S/C14H21ClN4O3/c1-8-6-19(10-5-16-18-12(20)11(10)15)7-9(8)17-13(21)22-14(2,3)4/h5,8-9H,6-7H2,1-4H3,(H,17,21)(H,18,20)/t8-,9-/m0/s1. The van der Waals surface area contributed by atoms with E-state index in [0.29, 0.717) is 18.8 Å². The van der Waals surface area contributed by atoms with Gasteiger partial charge >= 0.3 is 6.09 Å². The smallest absolute Gasteiger partial charge is 0.407 e. The molecule has 1 aromatic heterocycles. The average Bonchev–Trinajstić information content (AvgIpc) is 2.71. The highest BCUT2D eigenvalue weighted by Gasteiger charge is 2.33. The van der Waals surface area contributed by atoms with Crippen molar-refractivity contribution in [1.82, 2.24) is 15.5 Å². The molecule has 2 heterocycles. The van der Waals surface area contributed by atoms with Gasteiger partial charge in [-0.15, -0.1) is 0 Å². The third kappa shape index (κ3) is 3.91. The van der Waals surface area contributed by atoms with Crippen LogP contribution in [0.25, 0.3) is 0 Å². The Morgan fingerprint density at radius 1 is 1.50 bits per heavy atom. The number of hydrogen-bond donors (Lipinski definition) is 2. The molecule has 0 radical (unpaired) electrons. The number of amides is 1. The molecule has 0 aliphatic carbocycles. The quantitative estimate of drug-likeness (QED) is 0.864. The van der Waals surface area contributed by atoms with Gasteiger partial charge in [0.2, 0.25) is 0 Å². The molecule has 1 aromatic rings. The van der Waals surface area contributed by atoms with Gasteiger partial charge in [0.25, 0.3) is 5.56 Å². The lowest BCUT2D eigenvalue weighted by molar-refractivity contribution is 0.0499. The number of nitrogens with zero attached hydrogens (tertiary/aromatic N) is 2. The number of aromatic amines is 1. The molecule has 1 aliphatic heterocycles. The molecule has 2 rings (SSSR count). The van der Waals surface area contributed by atoms with E-state index in [4.69, 9.17) is 16.3 Å². The Balaban J connectivity index is 2.05. The lowest BCUT2D eigenvalue weighted by Crippen LogP contribution is -2.42. The molecule has 0 aromatic carbocycles. The van der Waals surface area contributed by atoms with Crippen molar-refractivity contribution in [1.29, 1.82) is 0 Å². The number of alkyl carbamates (subject to hydrolysis) is 1. The van der Waals surface area contributed by atoms with E-state index in [1.807, 2.05) is 32.6 Å². The number of aromatic nitrogens is 2. The largest absolute Gasteiger partial charge is 0.444 e. The van der Waals surface area contributed by atoms with Crippen molar-refractivity contribution >= 4 is 23.4 Å². The van der Waals surface area contributed by atoms with E-state index in [1.54, 1.807) is 0 Å². The maximum absolute atomic E-state index is 11.9. The second-order valence-corrected chi connectivity index (χ2v) is 6.91. The Labute approximate surface area is 134 Å². The first-order valence-electron chi connectivity index (χ1n) is 7.15. The molecule has 0 spiro atoms. The van der Waals surface area contributed by atoms with Crippen molar-refractivity contribution < 1.29 is 9.53 Å². The third-order valence-corrected chi connectivity index (χ3v) is 3.80. The molecule has 0 unspecified atom stereocenters. The minimum atomic E-state index is -0.536. The summed E-state index contributed by atoms with van der Waals surface area (Å²) < 4.78 is 5.27. The first-order valence-corrected chi connectivity index (χ1v) is 7.53. The highest BCUT2D eigenvalue weighted by Crippen LogP contribution is 2.27. The fourth-order valence-corrected chi connectivity index (χ4v) is 2.62. The van der Waals surface area contributed by atoms with E-state index in [9.17, 15) is 9.59 Å². The van der Waals surface area contributed by atoms with Crippen LogP contribution < -0.4 is 15.8 Å². The normalized spacial score (nSPS) is 21.8. The van der Waals surface area contributed by atoms with Crippen molar-refractivity contribution in [2.45, 2.75) is 39.3 Å². The van der Waals surface area contributed by atoms with Gasteiger partial charge in [-0.25, -0.2) is 9.89 Å². The molecule has 7 nitrogen and oxygen atoms in total. The van der Waals surface area contributed by atoms with Crippen LogP contribution in [-0.4, -0.2) is 41.0 Å². The molecule has 22 heavy (non-hydrogen) atoms. The lowest BCUT2D eigenvalue weighted by Gasteiger charge is -2.23. The molecule has 2 N–H and O–H groups in total. The predicted octanol–water partition coefficient (Wildman–Crippen LogP) is 1.77. The number of rotatable bonds is 2. The number of anilines is 1. The first kappa shape index (κ1) is 16.6. The number of carbonyl (C=O) groups excluding carboxylic acids is 1. The minimum Gasteiger partial charge on any atom is -0.444 e. The minimum absolute atomic E-state index is 0.0785. The van der Waals surface area contributed by atoms with E-state index >= 15 is 0 Å². The van der Waals surface area contributed by atoms with Gasteiger partial charge in [0.15, 0.2) is 0 Å². The van der Waals surface area contributed by atoms with Gasteiger partial charge in [0.1, 0.15) is 10.6 Å². The van der Waals surface area contributed by atoms with Gasteiger partial charge < -0.3 is 15.0 Å². The Morgan fingerprint density at radius 3 is 2.82 bits per heavy atom. The lowest BCUT2D eigenvalue weighted by atomic mass is 10.1. The average molecular weight is 329 g/mol. The van der Waals surface area contributed by atoms with Crippen LogP contribution in [0.4, 0.5) is 10.5 Å². The molecule has 1 fully saturated rings. The predicted molar refractivity (Wildman–Crippen MR) is 84.4 cm³/mol. The van der Waals surface area contributed by atoms with Crippen LogP contribution in [0.1, 0.15) is 27.7 Å². The number of hydrogen-bond acceptors (Lipinski definition) is 5. The van der Waals surface area contributed by atoms with Crippen LogP contribution in [0, 0.1) is 5.92 Å². The van der Waals surface area contributed by atoms with E-state index in [0.717, 1.165) is 0 Å². The summed E-state index contributed by atoms with van der Waals surface area (Å²) >= 11 is 6.02. The Kier molecular flexibility index (Phi) is 4.65. The molecule has 0 bridgehead atoms. The molecule has 1 amide bonds.